The molecule has 18 heteroatoms. The molecule has 0 bridgehead atoms. The zero-order valence-electron chi connectivity index (χ0n) is 32.7. The van der Waals surface area contributed by atoms with Gasteiger partial charge in [-0.1, -0.05) is 45.4 Å². The van der Waals surface area contributed by atoms with Crippen LogP contribution >= 0.6 is 11.6 Å². The first-order chi connectivity index (χ1) is 26.8. The van der Waals surface area contributed by atoms with Crippen molar-refractivity contribution in [1.29, 1.82) is 0 Å². The van der Waals surface area contributed by atoms with Gasteiger partial charge in [0.05, 0.1) is 30.0 Å². The normalized spacial score (nSPS) is 22.7. The van der Waals surface area contributed by atoms with Crippen LogP contribution in [0.4, 0.5) is 10.5 Å². The van der Waals surface area contributed by atoms with Crippen LogP contribution in [0.1, 0.15) is 60.3 Å². The molecule has 4 amide bonds. The predicted octanol–water partition coefficient (Wildman–Crippen LogP) is 5.07. The Hall–Kier alpha value is -4.45. The SMILES string of the molecule is C=C[C@@H]1C[C@@]1(C(=O)NS(=O)(=O)C1CC1)N(C(=O)[C@H](Nc1ccc(S(=O)(=O)NCC)cc1)C(C)(C)C)C(=O)N1C[C@H](Oc2ncc(OC)c3ccc(Cl)cc23)CC1C. The number of amides is 4. The van der Waals surface area contributed by atoms with Crippen molar-refractivity contribution in [3.05, 3.63) is 66.3 Å². The van der Waals surface area contributed by atoms with Crippen molar-refractivity contribution in [2.75, 3.05) is 25.5 Å². The third-order valence-electron chi connectivity index (χ3n) is 10.7. The summed E-state index contributed by atoms with van der Waals surface area (Å²) in [6.07, 6.45) is 3.47. The first kappa shape index (κ1) is 42.2. The Labute approximate surface area is 338 Å². The molecule has 2 heterocycles. The van der Waals surface area contributed by atoms with Crippen molar-refractivity contribution in [2.45, 2.75) is 94.2 Å². The van der Waals surface area contributed by atoms with Gasteiger partial charge in [-0.25, -0.2) is 36.2 Å². The second kappa shape index (κ2) is 15.7. The van der Waals surface area contributed by atoms with Gasteiger partial charge in [0.15, 0.2) is 0 Å². The monoisotopic (exact) mass is 844 g/mol. The fourth-order valence-corrected chi connectivity index (χ4v) is 9.88. The number of nitrogens with one attached hydrogen (secondary N) is 3. The number of anilines is 1. The molecule has 15 nitrogen and oxygen atoms in total. The number of imide groups is 1. The minimum Gasteiger partial charge on any atom is -0.494 e. The Morgan fingerprint density at radius 2 is 1.79 bits per heavy atom. The zero-order valence-corrected chi connectivity index (χ0v) is 35.1. The van der Waals surface area contributed by atoms with Gasteiger partial charge in [-0.3, -0.25) is 14.3 Å². The molecule has 2 aromatic carbocycles. The second-order valence-corrected chi connectivity index (χ2v) is 20.0. The summed E-state index contributed by atoms with van der Waals surface area (Å²) < 4.78 is 68.0. The van der Waals surface area contributed by atoms with E-state index in [1.807, 2.05) is 0 Å². The summed E-state index contributed by atoms with van der Waals surface area (Å²) in [5.41, 5.74) is -2.43. The molecule has 1 aliphatic heterocycles. The lowest BCUT2D eigenvalue weighted by molar-refractivity contribution is -0.141. The van der Waals surface area contributed by atoms with Crippen molar-refractivity contribution in [3.8, 4) is 11.6 Å². The predicted molar refractivity (Wildman–Crippen MR) is 216 cm³/mol. The van der Waals surface area contributed by atoms with E-state index in [4.69, 9.17) is 21.1 Å². The molecular formula is C39H49ClN6O9S2. The maximum atomic E-state index is 15.2. The number of aromatic nitrogens is 1. The van der Waals surface area contributed by atoms with Gasteiger partial charge in [0.25, 0.3) is 11.8 Å². The number of ether oxygens (including phenoxy) is 2. The van der Waals surface area contributed by atoms with E-state index in [1.54, 1.807) is 52.8 Å². The van der Waals surface area contributed by atoms with Crippen molar-refractivity contribution < 1.29 is 40.7 Å². The van der Waals surface area contributed by atoms with E-state index >= 15 is 9.59 Å². The molecule has 1 unspecified atom stereocenters. The fourth-order valence-electron chi connectivity index (χ4n) is 7.30. The molecule has 57 heavy (non-hydrogen) atoms. The zero-order chi connectivity index (χ0) is 41.7. The Morgan fingerprint density at radius 3 is 2.37 bits per heavy atom. The maximum Gasteiger partial charge on any atom is 0.328 e. The molecule has 3 aromatic rings. The van der Waals surface area contributed by atoms with Gasteiger partial charge in [-0.2, -0.15) is 0 Å². The number of pyridine rings is 1. The number of sulfonamides is 2. The Balaban J connectivity index is 1.36. The number of hydrogen-bond acceptors (Lipinski definition) is 11. The average Bonchev–Trinajstić information content (AvgIpc) is 4.08. The summed E-state index contributed by atoms with van der Waals surface area (Å²) in [4.78, 5) is 51.3. The van der Waals surface area contributed by atoms with Crippen LogP contribution in [0, 0.1) is 11.3 Å². The number of hydrogen-bond donors (Lipinski definition) is 3. The molecule has 3 aliphatic rings. The summed E-state index contributed by atoms with van der Waals surface area (Å²) in [5, 5.41) is 4.21. The van der Waals surface area contributed by atoms with Gasteiger partial charge in [0, 0.05) is 46.4 Å². The smallest absolute Gasteiger partial charge is 0.328 e. The number of benzene rings is 2. The summed E-state index contributed by atoms with van der Waals surface area (Å²) in [7, 11) is -6.31. The molecular weight excluding hydrogens is 796 g/mol. The lowest BCUT2D eigenvalue weighted by Crippen LogP contribution is -2.64. The van der Waals surface area contributed by atoms with E-state index in [0.717, 1.165) is 10.3 Å². The number of carbonyl (C=O) groups is 3. The largest absolute Gasteiger partial charge is 0.494 e. The number of halogens is 1. The summed E-state index contributed by atoms with van der Waals surface area (Å²) in [6, 6.07) is 8.55. The van der Waals surface area contributed by atoms with E-state index in [0.29, 0.717) is 41.1 Å². The number of rotatable bonds is 14. The van der Waals surface area contributed by atoms with E-state index in [9.17, 15) is 21.6 Å². The highest BCUT2D eigenvalue weighted by molar-refractivity contribution is 7.91. The Kier molecular flexibility index (Phi) is 11.6. The molecule has 1 aromatic heterocycles. The lowest BCUT2D eigenvalue weighted by atomic mass is 9.85. The minimum absolute atomic E-state index is 0.00568. The molecule has 3 N–H and O–H groups in total. The summed E-state index contributed by atoms with van der Waals surface area (Å²) >= 11 is 6.34. The van der Waals surface area contributed by atoms with Crippen LogP contribution in [0.15, 0.2) is 66.2 Å². The number of methoxy groups -OCH3 is 1. The van der Waals surface area contributed by atoms with E-state index in [1.165, 1.54) is 48.5 Å². The van der Waals surface area contributed by atoms with Crippen molar-refractivity contribution in [2.24, 2.45) is 11.3 Å². The topological polar surface area (TPSA) is 193 Å². The van der Waals surface area contributed by atoms with Crippen LogP contribution in [-0.2, 0) is 29.6 Å². The molecule has 2 saturated carbocycles. The number of likely N-dealkylation sites (tertiary alicyclic amines) is 1. The van der Waals surface area contributed by atoms with E-state index in [2.05, 4.69) is 26.3 Å². The van der Waals surface area contributed by atoms with E-state index < -0.39 is 78.2 Å². The molecule has 6 rings (SSSR count). The second-order valence-electron chi connectivity index (χ2n) is 15.9. The highest BCUT2D eigenvalue weighted by Crippen LogP contribution is 2.52. The minimum atomic E-state index is -4.07. The van der Waals surface area contributed by atoms with Gasteiger partial charge >= 0.3 is 6.03 Å². The van der Waals surface area contributed by atoms with Gasteiger partial charge in [0.1, 0.15) is 23.4 Å². The summed E-state index contributed by atoms with van der Waals surface area (Å²) in [6.45, 7) is 12.8. The number of nitrogens with zero attached hydrogens (tertiary/aromatic N) is 3. The first-order valence-electron chi connectivity index (χ1n) is 18.8. The molecule has 5 atom stereocenters. The number of carbonyl (C=O) groups excluding carboxylic acids is 3. The highest BCUT2D eigenvalue weighted by atomic mass is 35.5. The molecule has 3 fully saturated rings. The van der Waals surface area contributed by atoms with Gasteiger partial charge in [0.2, 0.25) is 25.9 Å². The molecule has 308 valence electrons. The first-order valence-corrected chi connectivity index (χ1v) is 22.2. The third-order valence-corrected chi connectivity index (χ3v) is 14.3. The number of urea groups is 1. The van der Waals surface area contributed by atoms with Gasteiger partial charge in [-0.05, 0) is 74.1 Å². The van der Waals surface area contributed by atoms with Crippen LogP contribution in [0.25, 0.3) is 10.8 Å². The van der Waals surface area contributed by atoms with Crippen LogP contribution in [0.3, 0.4) is 0 Å². The number of fused-ring (bicyclic) bond motifs is 1. The average molecular weight is 845 g/mol. The van der Waals surface area contributed by atoms with E-state index in [-0.39, 0.29) is 30.3 Å². The summed E-state index contributed by atoms with van der Waals surface area (Å²) in [5.74, 6) is -1.74. The molecule has 0 spiro atoms. The Bertz CT molecular complexity index is 2300. The Morgan fingerprint density at radius 1 is 1.11 bits per heavy atom. The quantitative estimate of drug-likeness (QED) is 0.184. The fraction of sp³-hybridized carbons (Fsp3) is 0.487. The van der Waals surface area contributed by atoms with Gasteiger partial charge in [-0.15, -0.1) is 6.58 Å². The van der Waals surface area contributed by atoms with Crippen LogP contribution < -0.4 is 24.2 Å². The van der Waals surface area contributed by atoms with Crippen molar-refractivity contribution in [1.82, 2.24) is 24.2 Å². The van der Waals surface area contributed by atoms with Crippen molar-refractivity contribution >= 4 is 66.0 Å². The van der Waals surface area contributed by atoms with Crippen LogP contribution in [-0.4, -0.2) is 98.6 Å². The standard InChI is InChI=1S/C39H49ClN6O9S2/c1-8-24-20-39(24,36(48)44-57(52,53)29-15-16-29)46(35(47)33(38(4,5)6)43-26-11-13-28(14-12-26)56(50,51)42-9-2)37(49)45-22-27(18-23(45)3)55-34-31-19-25(40)10-17-30(31)32(54-7)21-41-34/h8,10-14,17,19,21,23-24,27,29,33,42-43H,1,9,15-16,18,20,22H2,2-7H3,(H,44,48)/t23?,24-,27-,33+,39-/m1/s1. The molecule has 1 saturated heterocycles. The lowest BCUT2D eigenvalue weighted by Gasteiger charge is -2.40. The van der Waals surface area contributed by atoms with Crippen LogP contribution in [0.5, 0.6) is 11.6 Å². The van der Waals surface area contributed by atoms with Crippen molar-refractivity contribution in [3.63, 3.8) is 0 Å². The molecule has 2 aliphatic carbocycles. The van der Waals surface area contributed by atoms with Gasteiger partial charge < -0.3 is 19.7 Å². The molecule has 0 radical (unpaired) electrons. The highest BCUT2D eigenvalue weighted by Gasteiger charge is 2.68. The maximum absolute atomic E-state index is 15.2. The third kappa shape index (κ3) is 8.43. The van der Waals surface area contributed by atoms with Crippen LogP contribution in [0.2, 0.25) is 5.02 Å².